The minimum atomic E-state index is -0.345. The Bertz CT molecular complexity index is 636. The van der Waals surface area contributed by atoms with Gasteiger partial charge < -0.3 is 19.9 Å². The average Bonchev–Trinajstić information content (AvgIpc) is 2.69. The summed E-state index contributed by atoms with van der Waals surface area (Å²) in [6.45, 7) is 5.08. The van der Waals surface area contributed by atoms with E-state index in [-0.39, 0.29) is 11.9 Å². The maximum atomic E-state index is 11.9. The van der Waals surface area contributed by atoms with Crippen LogP contribution in [0.3, 0.4) is 0 Å². The molecule has 1 aromatic rings. The van der Waals surface area contributed by atoms with E-state index in [0.29, 0.717) is 17.9 Å². The van der Waals surface area contributed by atoms with E-state index in [0.717, 1.165) is 50.0 Å². The first kappa shape index (κ1) is 22.7. The van der Waals surface area contributed by atoms with Crippen LogP contribution < -0.4 is 5.32 Å². The molecular weight excluding hydrogens is 344 g/mol. The van der Waals surface area contributed by atoms with Crippen molar-refractivity contribution in [3.8, 4) is 0 Å². The maximum absolute atomic E-state index is 11.9. The molecule has 0 radical (unpaired) electrons. The lowest BCUT2D eigenvalue weighted by molar-refractivity contribution is 0.0505. The van der Waals surface area contributed by atoms with Gasteiger partial charge in [0.2, 0.25) is 5.88 Å². The first-order chi connectivity index (χ1) is 13.0. The molecule has 0 unspecified atom stereocenters. The number of hydrogen-bond donors (Lipinski definition) is 2. The fourth-order valence-electron chi connectivity index (χ4n) is 2.47. The van der Waals surface area contributed by atoms with Crippen molar-refractivity contribution in [2.45, 2.75) is 46.0 Å². The highest BCUT2D eigenvalue weighted by Crippen LogP contribution is 2.20. The summed E-state index contributed by atoms with van der Waals surface area (Å²) < 4.78 is 10.2. The molecule has 1 rings (SSSR count). The van der Waals surface area contributed by atoms with E-state index in [1.54, 1.807) is 38.4 Å². The molecule has 0 bridgehead atoms. The summed E-state index contributed by atoms with van der Waals surface area (Å²) >= 11 is 0. The minimum absolute atomic E-state index is 0.00459. The molecule has 6 heteroatoms. The number of aliphatic hydroxyl groups excluding tert-OH is 1. The van der Waals surface area contributed by atoms with E-state index in [1.165, 1.54) is 0 Å². The van der Waals surface area contributed by atoms with Gasteiger partial charge in [-0.15, -0.1) is 0 Å². The summed E-state index contributed by atoms with van der Waals surface area (Å²) in [4.78, 5) is 16.5. The number of carbonyl (C=O) groups is 1. The first-order valence-electron chi connectivity index (χ1n) is 9.45. The molecule has 0 amide bonds. The second kappa shape index (κ2) is 12.9. The second-order valence-corrected chi connectivity index (χ2v) is 6.31. The Balaban J connectivity index is 2.85. The number of methoxy groups -OCH3 is 1. The molecule has 0 aliphatic carbocycles. The van der Waals surface area contributed by atoms with Crippen LogP contribution in [0.2, 0.25) is 0 Å². The highest BCUT2D eigenvalue weighted by molar-refractivity contribution is 5.91. The molecule has 0 aliphatic rings. The molecule has 0 aliphatic heterocycles. The van der Waals surface area contributed by atoms with Crippen molar-refractivity contribution in [3.05, 3.63) is 41.3 Å². The van der Waals surface area contributed by atoms with Crippen molar-refractivity contribution in [3.63, 3.8) is 0 Å². The molecule has 0 spiro atoms. The van der Waals surface area contributed by atoms with Crippen LogP contribution in [0.25, 0.3) is 5.70 Å². The van der Waals surface area contributed by atoms with Crippen molar-refractivity contribution in [1.29, 1.82) is 0 Å². The number of ether oxygens (including phenoxy) is 2. The highest BCUT2D eigenvalue weighted by Gasteiger charge is 2.11. The molecule has 0 saturated carbocycles. The molecular formula is C21H32N2O4. The smallest absolute Gasteiger partial charge is 0.338 e. The average molecular weight is 376 g/mol. The summed E-state index contributed by atoms with van der Waals surface area (Å²) in [7, 11) is 3.35. The Morgan fingerprint density at radius 1 is 1.11 bits per heavy atom. The Hall–Kier alpha value is -2.34. The van der Waals surface area contributed by atoms with Gasteiger partial charge in [-0.1, -0.05) is 25.5 Å². The number of aliphatic imine (C=N–C) groups is 1. The van der Waals surface area contributed by atoms with Gasteiger partial charge in [-0.2, -0.15) is 0 Å². The Labute approximate surface area is 162 Å². The molecule has 0 heterocycles. The lowest BCUT2D eigenvalue weighted by Gasteiger charge is -2.10. The van der Waals surface area contributed by atoms with E-state index in [4.69, 9.17) is 9.47 Å². The molecule has 27 heavy (non-hydrogen) atoms. The molecule has 0 atom stereocenters. The summed E-state index contributed by atoms with van der Waals surface area (Å²) in [5.41, 5.74) is 2.61. The quantitative estimate of drug-likeness (QED) is 0.246. The van der Waals surface area contributed by atoms with E-state index < -0.39 is 0 Å². The van der Waals surface area contributed by atoms with Gasteiger partial charge in [0.25, 0.3) is 0 Å². The number of aliphatic hydroxyl groups is 1. The van der Waals surface area contributed by atoms with E-state index in [2.05, 4.69) is 10.3 Å². The third-order valence-corrected chi connectivity index (χ3v) is 3.98. The molecule has 0 aromatic heterocycles. The van der Waals surface area contributed by atoms with Gasteiger partial charge >= 0.3 is 5.97 Å². The molecule has 0 saturated heterocycles. The SMILES string of the molecule is CCCOC(=O)c1ccc(/C(N=C(C)CCCCCOC)=C(\O)NC)cc1. The number of nitrogens with zero attached hydrogens (tertiary/aromatic N) is 1. The topological polar surface area (TPSA) is 80.2 Å². The molecule has 2 N–H and O–H groups in total. The largest absolute Gasteiger partial charge is 0.493 e. The van der Waals surface area contributed by atoms with Gasteiger partial charge in [-0.3, -0.25) is 4.99 Å². The standard InChI is InChI=1S/C21H32N2O4/c1-5-14-27-21(25)18-12-10-17(11-13-18)19(20(24)22-3)23-16(2)9-7-6-8-15-26-4/h10-13,22,24H,5-9,14-15H2,1-4H3/b20-19+,23-16?. The van der Waals surface area contributed by atoms with E-state index >= 15 is 0 Å². The highest BCUT2D eigenvalue weighted by atomic mass is 16.5. The van der Waals surface area contributed by atoms with Gasteiger partial charge in [0.05, 0.1) is 12.2 Å². The van der Waals surface area contributed by atoms with E-state index in [1.807, 2.05) is 13.8 Å². The maximum Gasteiger partial charge on any atom is 0.338 e. The Kier molecular flexibility index (Phi) is 10.9. The number of carbonyl (C=O) groups excluding carboxylic acids is 1. The van der Waals surface area contributed by atoms with Crippen molar-refractivity contribution >= 4 is 17.4 Å². The van der Waals surface area contributed by atoms with Crippen molar-refractivity contribution < 1.29 is 19.4 Å². The van der Waals surface area contributed by atoms with Crippen molar-refractivity contribution in [1.82, 2.24) is 5.32 Å². The van der Waals surface area contributed by atoms with Crippen molar-refractivity contribution in [2.24, 2.45) is 4.99 Å². The second-order valence-electron chi connectivity index (χ2n) is 6.31. The lowest BCUT2D eigenvalue weighted by atomic mass is 10.1. The third-order valence-electron chi connectivity index (χ3n) is 3.98. The number of unbranched alkanes of at least 4 members (excludes halogenated alkanes) is 2. The predicted molar refractivity (Wildman–Crippen MR) is 109 cm³/mol. The zero-order valence-electron chi connectivity index (χ0n) is 16.9. The van der Waals surface area contributed by atoms with E-state index in [9.17, 15) is 9.90 Å². The Morgan fingerprint density at radius 3 is 2.37 bits per heavy atom. The molecule has 150 valence electrons. The normalized spacial score (nSPS) is 12.5. The van der Waals surface area contributed by atoms with Gasteiger partial charge in [0.1, 0.15) is 5.70 Å². The third kappa shape index (κ3) is 8.26. The van der Waals surface area contributed by atoms with Gasteiger partial charge in [0, 0.05) is 32.0 Å². The summed E-state index contributed by atoms with van der Waals surface area (Å²) in [6.07, 6.45) is 4.77. The first-order valence-corrected chi connectivity index (χ1v) is 9.45. The van der Waals surface area contributed by atoms with Crippen LogP contribution in [0.4, 0.5) is 0 Å². The van der Waals surface area contributed by atoms with Crippen LogP contribution in [0, 0.1) is 0 Å². The summed E-state index contributed by atoms with van der Waals surface area (Å²) in [5.74, 6) is -0.349. The number of benzene rings is 1. The zero-order chi connectivity index (χ0) is 20.1. The molecule has 1 aromatic carbocycles. The lowest BCUT2D eigenvalue weighted by Crippen LogP contribution is -2.09. The minimum Gasteiger partial charge on any atom is -0.493 e. The number of esters is 1. The predicted octanol–water partition coefficient (Wildman–Crippen LogP) is 4.32. The van der Waals surface area contributed by atoms with Crippen LogP contribution >= 0.6 is 0 Å². The van der Waals surface area contributed by atoms with Crippen LogP contribution in [0.5, 0.6) is 0 Å². The van der Waals surface area contributed by atoms with Crippen LogP contribution in [0.1, 0.15) is 61.9 Å². The van der Waals surface area contributed by atoms with Gasteiger partial charge in [-0.25, -0.2) is 4.79 Å². The zero-order valence-corrected chi connectivity index (χ0v) is 16.9. The summed E-state index contributed by atoms with van der Waals surface area (Å²) in [6, 6.07) is 6.90. The van der Waals surface area contributed by atoms with Crippen LogP contribution in [-0.4, -0.2) is 44.2 Å². The Morgan fingerprint density at radius 2 is 1.78 bits per heavy atom. The number of rotatable bonds is 12. The van der Waals surface area contributed by atoms with Gasteiger partial charge in [-0.05, 0) is 44.7 Å². The number of nitrogens with one attached hydrogen (secondary N) is 1. The van der Waals surface area contributed by atoms with Gasteiger partial charge in [0.15, 0.2) is 0 Å². The fourth-order valence-corrected chi connectivity index (χ4v) is 2.47. The van der Waals surface area contributed by atoms with Crippen molar-refractivity contribution in [2.75, 3.05) is 27.4 Å². The fraction of sp³-hybridized carbons (Fsp3) is 0.524. The monoisotopic (exact) mass is 376 g/mol. The van der Waals surface area contributed by atoms with Crippen LogP contribution in [0.15, 0.2) is 35.1 Å². The molecule has 0 fully saturated rings. The number of hydrogen-bond acceptors (Lipinski definition) is 6. The van der Waals surface area contributed by atoms with Crippen LogP contribution in [-0.2, 0) is 9.47 Å². The summed E-state index contributed by atoms with van der Waals surface area (Å²) in [5, 5.41) is 12.9. The molecule has 6 nitrogen and oxygen atoms in total.